The highest BCUT2D eigenvalue weighted by Crippen LogP contribution is 1.87. The van der Waals surface area contributed by atoms with Gasteiger partial charge in [-0.3, -0.25) is 5.10 Å². The monoisotopic (exact) mass is 175 g/mol. The van der Waals surface area contributed by atoms with E-state index in [1.165, 1.54) is 12.4 Å². The molecular formula is C5H6ClN3O2. The lowest BCUT2D eigenvalue weighted by molar-refractivity contribution is -0.131. The van der Waals surface area contributed by atoms with Gasteiger partial charge in [-0.05, 0) is 6.08 Å². The number of nitrogens with one attached hydrogen (secondary N) is 1. The van der Waals surface area contributed by atoms with Gasteiger partial charge in [-0.25, -0.2) is 9.78 Å². The van der Waals surface area contributed by atoms with E-state index in [2.05, 4.69) is 15.2 Å². The molecule has 5 nitrogen and oxygen atoms in total. The van der Waals surface area contributed by atoms with Crippen molar-refractivity contribution in [1.82, 2.24) is 15.2 Å². The SMILES string of the molecule is Cl.O=C(O)/C=C/c1ncn[nH]1. The van der Waals surface area contributed by atoms with E-state index in [4.69, 9.17) is 5.11 Å². The number of hydrogen-bond acceptors (Lipinski definition) is 3. The van der Waals surface area contributed by atoms with E-state index in [1.807, 2.05) is 0 Å². The second-order valence-corrected chi connectivity index (χ2v) is 1.54. The minimum absolute atomic E-state index is 0. The fraction of sp³-hybridized carbons (Fsp3) is 0. The lowest BCUT2D eigenvalue weighted by atomic mass is 10.5. The first-order chi connectivity index (χ1) is 4.79. The Kier molecular flexibility index (Phi) is 3.90. The number of aliphatic carboxylic acids is 1. The van der Waals surface area contributed by atoms with Crippen LogP contribution >= 0.6 is 12.4 Å². The molecule has 0 amide bonds. The van der Waals surface area contributed by atoms with Crippen molar-refractivity contribution in [1.29, 1.82) is 0 Å². The van der Waals surface area contributed by atoms with E-state index in [-0.39, 0.29) is 12.4 Å². The van der Waals surface area contributed by atoms with Crippen LogP contribution in [-0.4, -0.2) is 26.3 Å². The summed E-state index contributed by atoms with van der Waals surface area (Å²) in [6.45, 7) is 0. The lowest BCUT2D eigenvalue weighted by Crippen LogP contribution is -1.86. The van der Waals surface area contributed by atoms with E-state index < -0.39 is 5.97 Å². The first-order valence-electron chi connectivity index (χ1n) is 2.55. The van der Waals surface area contributed by atoms with Gasteiger partial charge in [0, 0.05) is 6.08 Å². The molecular weight excluding hydrogens is 170 g/mol. The Morgan fingerprint density at radius 1 is 1.73 bits per heavy atom. The Morgan fingerprint density at radius 2 is 2.45 bits per heavy atom. The number of H-pyrrole nitrogens is 1. The number of aromatic amines is 1. The Morgan fingerprint density at radius 3 is 2.91 bits per heavy atom. The summed E-state index contributed by atoms with van der Waals surface area (Å²) >= 11 is 0. The molecule has 0 aliphatic heterocycles. The molecule has 6 heteroatoms. The van der Waals surface area contributed by atoms with Crippen molar-refractivity contribution < 1.29 is 9.90 Å². The standard InChI is InChI=1S/C5H5N3O2.ClH/c9-5(10)2-1-4-6-3-7-8-4;/h1-3H,(H,9,10)(H,6,7,8);1H/b2-1+;. The van der Waals surface area contributed by atoms with Gasteiger partial charge in [0.25, 0.3) is 0 Å². The number of hydrogen-bond donors (Lipinski definition) is 2. The van der Waals surface area contributed by atoms with E-state index in [0.29, 0.717) is 5.82 Å². The minimum atomic E-state index is -1.00. The maximum Gasteiger partial charge on any atom is 0.328 e. The van der Waals surface area contributed by atoms with Crippen LogP contribution < -0.4 is 0 Å². The normalized spacial score (nSPS) is 9.45. The van der Waals surface area contributed by atoms with Gasteiger partial charge in [-0.1, -0.05) is 0 Å². The molecule has 2 N–H and O–H groups in total. The molecule has 0 radical (unpaired) electrons. The molecule has 0 aromatic carbocycles. The third kappa shape index (κ3) is 3.36. The molecule has 60 valence electrons. The predicted octanol–water partition coefficient (Wildman–Crippen LogP) is 0.324. The number of rotatable bonds is 2. The number of carboxylic acids is 1. The molecule has 11 heavy (non-hydrogen) atoms. The van der Waals surface area contributed by atoms with Gasteiger partial charge in [0.1, 0.15) is 12.2 Å². The van der Waals surface area contributed by atoms with Crippen LogP contribution in [0.3, 0.4) is 0 Å². The molecule has 0 aliphatic carbocycles. The number of halogens is 1. The van der Waals surface area contributed by atoms with Crippen molar-refractivity contribution >= 4 is 24.5 Å². The Balaban J connectivity index is 0.000001000. The van der Waals surface area contributed by atoms with Crippen molar-refractivity contribution in [2.75, 3.05) is 0 Å². The van der Waals surface area contributed by atoms with Crippen molar-refractivity contribution in [3.8, 4) is 0 Å². The average molecular weight is 176 g/mol. The van der Waals surface area contributed by atoms with Crippen LogP contribution in [0, 0.1) is 0 Å². The zero-order chi connectivity index (χ0) is 7.40. The summed E-state index contributed by atoms with van der Waals surface area (Å²) in [5.41, 5.74) is 0. The molecule has 0 fully saturated rings. The van der Waals surface area contributed by atoms with Crippen LogP contribution in [0.1, 0.15) is 5.82 Å². The van der Waals surface area contributed by atoms with Gasteiger partial charge in [-0.2, -0.15) is 5.10 Å². The van der Waals surface area contributed by atoms with Crippen LogP contribution in [0.2, 0.25) is 0 Å². The highest BCUT2D eigenvalue weighted by atomic mass is 35.5. The van der Waals surface area contributed by atoms with Crippen LogP contribution in [0.25, 0.3) is 6.08 Å². The fourth-order valence-electron chi connectivity index (χ4n) is 0.445. The van der Waals surface area contributed by atoms with Crippen LogP contribution in [0.15, 0.2) is 12.4 Å². The van der Waals surface area contributed by atoms with Crippen molar-refractivity contribution in [3.63, 3.8) is 0 Å². The summed E-state index contributed by atoms with van der Waals surface area (Å²) in [5.74, 6) is -0.571. The highest BCUT2D eigenvalue weighted by molar-refractivity contribution is 5.85. The second kappa shape index (κ2) is 4.45. The molecule has 0 aliphatic rings. The molecule has 0 unspecified atom stereocenters. The number of aromatic nitrogens is 3. The van der Waals surface area contributed by atoms with E-state index >= 15 is 0 Å². The quantitative estimate of drug-likeness (QED) is 0.635. The average Bonchev–Trinajstić information content (AvgIpc) is 2.34. The first kappa shape index (κ1) is 9.64. The fourth-order valence-corrected chi connectivity index (χ4v) is 0.445. The molecule has 1 aromatic heterocycles. The summed E-state index contributed by atoms with van der Waals surface area (Å²) in [5, 5.41) is 14.2. The first-order valence-corrected chi connectivity index (χ1v) is 2.55. The minimum Gasteiger partial charge on any atom is -0.478 e. The molecule has 0 atom stereocenters. The number of nitrogens with zero attached hydrogens (tertiary/aromatic N) is 2. The number of carbonyl (C=O) groups is 1. The van der Waals surface area contributed by atoms with Crippen LogP contribution in [0.5, 0.6) is 0 Å². The summed E-state index contributed by atoms with van der Waals surface area (Å²) in [4.78, 5) is 13.6. The topological polar surface area (TPSA) is 78.9 Å². The zero-order valence-corrected chi connectivity index (χ0v) is 6.21. The highest BCUT2D eigenvalue weighted by Gasteiger charge is 1.88. The maximum atomic E-state index is 9.95. The van der Waals surface area contributed by atoms with Crippen LogP contribution in [-0.2, 0) is 4.79 Å². The second-order valence-electron chi connectivity index (χ2n) is 1.54. The molecule has 0 saturated carbocycles. The van der Waals surface area contributed by atoms with Gasteiger partial charge in [0.05, 0.1) is 0 Å². The Labute approximate surface area is 68.6 Å². The van der Waals surface area contributed by atoms with Crippen molar-refractivity contribution in [2.45, 2.75) is 0 Å². The third-order valence-electron chi connectivity index (χ3n) is 0.817. The number of carboxylic acid groups (broad SMARTS) is 1. The summed E-state index contributed by atoms with van der Waals surface area (Å²) < 4.78 is 0. The molecule has 1 heterocycles. The van der Waals surface area contributed by atoms with Crippen LogP contribution in [0.4, 0.5) is 0 Å². The Hall–Kier alpha value is -1.36. The van der Waals surface area contributed by atoms with E-state index in [9.17, 15) is 4.79 Å². The van der Waals surface area contributed by atoms with Gasteiger partial charge in [0.15, 0.2) is 0 Å². The largest absolute Gasteiger partial charge is 0.478 e. The Bertz CT molecular complexity index is 244. The summed E-state index contributed by atoms with van der Waals surface area (Å²) in [7, 11) is 0. The van der Waals surface area contributed by atoms with Gasteiger partial charge in [-0.15, -0.1) is 12.4 Å². The van der Waals surface area contributed by atoms with E-state index in [1.54, 1.807) is 0 Å². The summed E-state index contributed by atoms with van der Waals surface area (Å²) in [6, 6.07) is 0. The van der Waals surface area contributed by atoms with Crippen molar-refractivity contribution in [2.24, 2.45) is 0 Å². The predicted molar refractivity (Wildman–Crippen MR) is 40.3 cm³/mol. The molecule has 0 spiro atoms. The molecule has 1 aromatic rings. The van der Waals surface area contributed by atoms with Crippen molar-refractivity contribution in [3.05, 3.63) is 18.2 Å². The summed E-state index contributed by atoms with van der Waals surface area (Å²) in [6.07, 6.45) is 3.62. The lowest BCUT2D eigenvalue weighted by Gasteiger charge is -1.77. The smallest absolute Gasteiger partial charge is 0.328 e. The van der Waals surface area contributed by atoms with Gasteiger partial charge >= 0.3 is 5.97 Å². The molecule has 0 saturated heterocycles. The maximum absolute atomic E-state index is 9.95. The third-order valence-corrected chi connectivity index (χ3v) is 0.817. The van der Waals surface area contributed by atoms with E-state index in [0.717, 1.165) is 6.08 Å². The van der Waals surface area contributed by atoms with Gasteiger partial charge < -0.3 is 5.11 Å². The zero-order valence-electron chi connectivity index (χ0n) is 5.39. The molecule has 0 bridgehead atoms. The van der Waals surface area contributed by atoms with Gasteiger partial charge in [0.2, 0.25) is 0 Å². The molecule has 1 rings (SSSR count).